The molecule has 0 aliphatic heterocycles. The van der Waals surface area contributed by atoms with Crippen LogP contribution in [-0.2, 0) is 4.74 Å². The van der Waals surface area contributed by atoms with Crippen LogP contribution in [0, 0.1) is 5.92 Å². The third kappa shape index (κ3) is 4.05. The molecule has 1 heterocycles. The molecule has 1 unspecified atom stereocenters. The first-order valence-corrected chi connectivity index (χ1v) is 6.70. The zero-order chi connectivity index (χ0) is 12.8. The number of hydrogen-bond acceptors (Lipinski definition) is 4. The lowest BCUT2D eigenvalue weighted by molar-refractivity contribution is 0.0917. The molecule has 1 aliphatic rings. The molecule has 1 saturated carbocycles. The Morgan fingerprint density at radius 3 is 2.94 bits per heavy atom. The molecule has 0 radical (unpaired) electrons. The number of ether oxygens (including phenoxy) is 1. The summed E-state index contributed by atoms with van der Waals surface area (Å²) in [7, 11) is 2.08. The minimum absolute atomic E-state index is 0.177. The maximum atomic E-state index is 5.85. The molecular weight excluding hydrogens is 226 g/mol. The van der Waals surface area contributed by atoms with Crippen molar-refractivity contribution in [3.63, 3.8) is 0 Å². The molecule has 0 amide bonds. The molecule has 4 nitrogen and oxygen atoms in total. The highest BCUT2D eigenvalue weighted by Gasteiger charge is 2.21. The van der Waals surface area contributed by atoms with Gasteiger partial charge in [0.05, 0.1) is 18.3 Å². The fraction of sp³-hybridized carbons (Fsp3) is 0.643. The Morgan fingerprint density at radius 2 is 2.33 bits per heavy atom. The average Bonchev–Trinajstić information content (AvgIpc) is 3.21. The van der Waals surface area contributed by atoms with E-state index in [0.717, 1.165) is 31.4 Å². The van der Waals surface area contributed by atoms with Crippen LogP contribution in [0.4, 0.5) is 0 Å². The number of hydrogen-bond donors (Lipinski definition) is 1. The van der Waals surface area contributed by atoms with Crippen molar-refractivity contribution >= 4 is 0 Å². The Bertz CT molecular complexity index is 340. The average molecular weight is 249 g/mol. The number of rotatable bonds is 8. The van der Waals surface area contributed by atoms with Crippen LogP contribution in [0.5, 0.6) is 0 Å². The van der Waals surface area contributed by atoms with Gasteiger partial charge in [0.15, 0.2) is 0 Å². The summed E-state index contributed by atoms with van der Waals surface area (Å²) in [6.07, 6.45) is 4.50. The van der Waals surface area contributed by atoms with Gasteiger partial charge in [0.25, 0.3) is 0 Å². The molecule has 4 heteroatoms. The monoisotopic (exact) mass is 249 g/mol. The van der Waals surface area contributed by atoms with Gasteiger partial charge in [-0.15, -0.1) is 0 Å². The molecule has 0 bridgehead atoms. The number of pyridine rings is 1. The fourth-order valence-corrected chi connectivity index (χ4v) is 2.00. The Hall–Kier alpha value is -0.970. The summed E-state index contributed by atoms with van der Waals surface area (Å²) >= 11 is 0. The molecule has 0 aromatic carbocycles. The van der Waals surface area contributed by atoms with Crippen LogP contribution in [0.1, 0.15) is 24.6 Å². The van der Waals surface area contributed by atoms with E-state index >= 15 is 0 Å². The van der Waals surface area contributed by atoms with Crippen molar-refractivity contribution in [3.05, 3.63) is 30.1 Å². The zero-order valence-electron chi connectivity index (χ0n) is 11.1. The molecular formula is C14H23N3O. The van der Waals surface area contributed by atoms with Crippen molar-refractivity contribution in [2.75, 3.05) is 33.4 Å². The number of nitrogens with two attached hydrogens (primary N) is 1. The summed E-state index contributed by atoms with van der Waals surface area (Å²) in [6.45, 7) is 3.17. The van der Waals surface area contributed by atoms with Gasteiger partial charge in [-0.3, -0.25) is 9.88 Å². The van der Waals surface area contributed by atoms with Crippen LogP contribution < -0.4 is 5.73 Å². The molecule has 2 rings (SSSR count). The third-order valence-electron chi connectivity index (χ3n) is 3.42. The molecule has 1 aromatic rings. The summed E-state index contributed by atoms with van der Waals surface area (Å²) in [5.41, 5.74) is 6.88. The smallest absolute Gasteiger partial charge is 0.0642 e. The summed E-state index contributed by atoms with van der Waals surface area (Å²) in [5.74, 6) is 0.830. The maximum absolute atomic E-state index is 5.85. The minimum atomic E-state index is 0.177. The van der Waals surface area contributed by atoms with E-state index in [9.17, 15) is 0 Å². The predicted octanol–water partition coefficient (Wildman–Crippen LogP) is 1.44. The molecule has 2 N–H and O–H groups in total. The van der Waals surface area contributed by atoms with Gasteiger partial charge < -0.3 is 10.5 Å². The van der Waals surface area contributed by atoms with Crippen molar-refractivity contribution in [1.29, 1.82) is 0 Å². The van der Waals surface area contributed by atoms with Gasteiger partial charge in [-0.05, 0) is 37.9 Å². The lowest BCUT2D eigenvalue weighted by Gasteiger charge is -2.26. The van der Waals surface area contributed by atoms with E-state index in [4.69, 9.17) is 10.5 Å². The second-order valence-corrected chi connectivity index (χ2v) is 5.01. The largest absolute Gasteiger partial charge is 0.380 e. The summed E-state index contributed by atoms with van der Waals surface area (Å²) in [6, 6.07) is 6.13. The van der Waals surface area contributed by atoms with Crippen molar-refractivity contribution < 1.29 is 4.74 Å². The summed E-state index contributed by atoms with van der Waals surface area (Å²) in [5, 5.41) is 0. The Labute approximate surface area is 109 Å². The molecule has 1 fully saturated rings. The van der Waals surface area contributed by atoms with E-state index in [1.807, 2.05) is 24.4 Å². The van der Waals surface area contributed by atoms with E-state index < -0.39 is 0 Å². The third-order valence-corrected chi connectivity index (χ3v) is 3.42. The van der Waals surface area contributed by atoms with Crippen molar-refractivity contribution in [2.45, 2.75) is 18.9 Å². The van der Waals surface area contributed by atoms with Crippen LogP contribution in [0.15, 0.2) is 24.4 Å². The van der Waals surface area contributed by atoms with E-state index in [2.05, 4.69) is 16.9 Å². The highest BCUT2D eigenvalue weighted by atomic mass is 16.5. The van der Waals surface area contributed by atoms with Crippen LogP contribution in [0.3, 0.4) is 0 Å². The summed E-state index contributed by atoms with van der Waals surface area (Å²) < 4.78 is 5.66. The van der Waals surface area contributed by atoms with Gasteiger partial charge in [-0.1, -0.05) is 6.07 Å². The van der Waals surface area contributed by atoms with E-state index in [0.29, 0.717) is 6.54 Å². The Kier molecular flexibility index (Phi) is 5.11. The van der Waals surface area contributed by atoms with E-state index in [1.54, 1.807) is 0 Å². The maximum Gasteiger partial charge on any atom is 0.0642 e. The molecule has 1 aromatic heterocycles. The number of aromatic nitrogens is 1. The first kappa shape index (κ1) is 13.5. The SMILES string of the molecule is CN(CCOCC1CC1)C(CN)c1ccccn1. The number of nitrogens with zero attached hydrogens (tertiary/aromatic N) is 2. The fourth-order valence-electron chi connectivity index (χ4n) is 2.00. The van der Waals surface area contributed by atoms with Gasteiger partial charge in [-0.25, -0.2) is 0 Å². The first-order valence-electron chi connectivity index (χ1n) is 6.70. The molecule has 0 spiro atoms. The molecule has 0 saturated heterocycles. The second-order valence-electron chi connectivity index (χ2n) is 5.01. The molecule has 100 valence electrons. The van der Waals surface area contributed by atoms with Gasteiger partial charge in [0.2, 0.25) is 0 Å². The van der Waals surface area contributed by atoms with E-state index in [1.165, 1.54) is 12.8 Å². The van der Waals surface area contributed by atoms with Crippen LogP contribution in [0.25, 0.3) is 0 Å². The summed E-state index contributed by atoms with van der Waals surface area (Å²) in [4.78, 5) is 6.59. The lowest BCUT2D eigenvalue weighted by atomic mass is 10.1. The standard InChI is InChI=1S/C14H23N3O/c1-17(8-9-18-11-12-5-6-12)14(10-15)13-4-2-3-7-16-13/h2-4,7,12,14H,5-6,8-11,15H2,1H3. The normalized spacial score (nSPS) is 17.1. The zero-order valence-corrected chi connectivity index (χ0v) is 11.1. The van der Waals surface area contributed by atoms with Crippen molar-refractivity contribution in [1.82, 2.24) is 9.88 Å². The van der Waals surface area contributed by atoms with Crippen molar-refractivity contribution in [3.8, 4) is 0 Å². The molecule has 1 atom stereocenters. The van der Waals surface area contributed by atoms with Crippen LogP contribution in [-0.4, -0.2) is 43.2 Å². The quantitative estimate of drug-likeness (QED) is 0.708. The van der Waals surface area contributed by atoms with Gasteiger partial charge in [0.1, 0.15) is 0 Å². The van der Waals surface area contributed by atoms with Crippen LogP contribution in [0.2, 0.25) is 0 Å². The van der Waals surface area contributed by atoms with Crippen molar-refractivity contribution in [2.24, 2.45) is 11.7 Å². The van der Waals surface area contributed by atoms with Gasteiger partial charge >= 0.3 is 0 Å². The lowest BCUT2D eigenvalue weighted by Crippen LogP contribution is -2.33. The number of likely N-dealkylation sites (N-methyl/N-ethyl adjacent to an activating group) is 1. The second kappa shape index (κ2) is 6.83. The van der Waals surface area contributed by atoms with Gasteiger partial charge in [0, 0.05) is 25.9 Å². The minimum Gasteiger partial charge on any atom is -0.380 e. The topological polar surface area (TPSA) is 51.4 Å². The highest BCUT2D eigenvalue weighted by Crippen LogP contribution is 2.28. The highest BCUT2D eigenvalue weighted by molar-refractivity contribution is 5.09. The first-order chi connectivity index (χ1) is 8.81. The van der Waals surface area contributed by atoms with E-state index in [-0.39, 0.29) is 6.04 Å². The Balaban J connectivity index is 1.75. The van der Waals surface area contributed by atoms with Gasteiger partial charge in [-0.2, -0.15) is 0 Å². The Morgan fingerprint density at radius 1 is 1.50 bits per heavy atom. The molecule has 18 heavy (non-hydrogen) atoms. The van der Waals surface area contributed by atoms with Crippen LogP contribution >= 0.6 is 0 Å². The molecule has 1 aliphatic carbocycles. The predicted molar refractivity (Wildman–Crippen MR) is 72.2 cm³/mol.